The molecule has 8 heavy (non-hydrogen) atoms. The molecule has 2 fully saturated rings. The van der Waals surface area contributed by atoms with Crippen molar-refractivity contribution < 1.29 is 0 Å². The summed E-state index contributed by atoms with van der Waals surface area (Å²) in [7, 11) is 0. The van der Waals surface area contributed by atoms with Crippen molar-refractivity contribution in [2.45, 2.75) is 17.8 Å². The van der Waals surface area contributed by atoms with Gasteiger partial charge in [-0.3, -0.25) is 10.6 Å². The average Bonchev–Trinajstić information content (AvgIpc) is 2.15. The van der Waals surface area contributed by atoms with Gasteiger partial charge in [-0.15, -0.1) is 11.8 Å². The molecule has 0 saturated carbocycles. The third-order valence-corrected chi connectivity index (χ3v) is 3.08. The second-order valence-corrected chi connectivity index (χ2v) is 3.52. The van der Waals surface area contributed by atoms with Gasteiger partial charge in [0.2, 0.25) is 0 Å². The number of hydrogen-bond donors (Lipinski definition) is 2. The summed E-state index contributed by atoms with van der Waals surface area (Å²) in [5.74, 6) is 1.33. The van der Waals surface area contributed by atoms with Crippen molar-refractivity contribution in [2.24, 2.45) is 0 Å². The van der Waals surface area contributed by atoms with Crippen LogP contribution < -0.4 is 10.6 Å². The molecule has 0 aromatic carbocycles. The van der Waals surface area contributed by atoms with Gasteiger partial charge in [-0.2, -0.15) is 0 Å². The summed E-state index contributed by atoms with van der Waals surface area (Å²) >= 11 is 2.04. The van der Waals surface area contributed by atoms with Crippen LogP contribution in [0.4, 0.5) is 0 Å². The Hall–Kier alpha value is 0.270. The lowest BCUT2D eigenvalue weighted by atomic mass is 10.2. The summed E-state index contributed by atoms with van der Waals surface area (Å²) in [5, 5.41) is 7.49. The highest BCUT2D eigenvalue weighted by atomic mass is 32.2. The van der Waals surface area contributed by atoms with Gasteiger partial charge in [-0.25, -0.2) is 0 Å². The lowest BCUT2D eigenvalue weighted by molar-refractivity contribution is 0.620. The Balaban J connectivity index is 2.04. The van der Waals surface area contributed by atoms with Crippen LogP contribution in [0.15, 0.2) is 0 Å². The summed E-state index contributed by atoms with van der Waals surface area (Å²) in [5.41, 5.74) is 0. The van der Waals surface area contributed by atoms with Gasteiger partial charge >= 0.3 is 0 Å². The minimum Gasteiger partial charge on any atom is -0.299 e. The molecular formula is C5H10N2S. The molecule has 2 aliphatic rings. The van der Waals surface area contributed by atoms with E-state index >= 15 is 0 Å². The summed E-state index contributed by atoms with van der Waals surface area (Å²) in [6, 6.07) is 0.778. The molecule has 0 aliphatic carbocycles. The highest BCUT2D eigenvalue weighted by Crippen LogP contribution is 2.26. The smallest absolute Gasteiger partial charge is 0.0698 e. The fraction of sp³-hybridized carbons (Fsp3) is 1.00. The summed E-state index contributed by atoms with van der Waals surface area (Å²) in [6.45, 7) is 1.02. The van der Waals surface area contributed by atoms with Gasteiger partial charge in [0.25, 0.3) is 0 Å². The molecule has 2 N–H and O–H groups in total. The number of nitrogens with one attached hydrogen (secondary N) is 2. The topological polar surface area (TPSA) is 24.1 Å². The third kappa shape index (κ3) is 0.658. The molecule has 0 spiro atoms. The summed E-state index contributed by atoms with van der Waals surface area (Å²) in [4.78, 5) is 0. The zero-order valence-electron chi connectivity index (χ0n) is 4.68. The van der Waals surface area contributed by atoms with Crippen LogP contribution in [-0.2, 0) is 0 Å². The van der Waals surface area contributed by atoms with Crippen LogP contribution >= 0.6 is 11.8 Å². The van der Waals surface area contributed by atoms with E-state index in [0.29, 0.717) is 0 Å². The molecule has 2 rings (SSSR count). The van der Waals surface area contributed by atoms with E-state index in [9.17, 15) is 0 Å². The molecule has 0 bridgehead atoms. The van der Waals surface area contributed by atoms with E-state index in [-0.39, 0.29) is 0 Å². The first-order chi connectivity index (χ1) is 3.97. The minimum absolute atomic E-state index is 0.731. The van der Waals surface area contributed by atoms with Crippen LogP contribution in [0.2, 0.25) is 0 Å². The quantitative estimate of drug-likeness (QED) is 0.481. The maximum absolute atomic E-state index is 3.39. The molecule has 2 nitrogen and oxygen atoms in total. The fourth-order valence-corrected chi connectivity index (χ4v) is 2.60. The number of fused-ring (bicyclic) bond motifs is 1. The second kappa shape index (κ2) is 1.90. The van der Waals surface area contributed by atoms with E-state index in [1.807, 2.05) is 11.8 Å². The average molecular weight is 130 g/mol. The Bertz CT molecular complexity index is 76.4. The van der Waals surface area contributed by atoms with Crippen LogP contribution in [-0.4, -0.2) is 23.8 Å². The largest absolute Gasteiger partial charge is 0.299 e. The minimum atomic E-state index is 0.731. The first-order valence-corrected chi connectivity index (χ1v) is 4.10. The highest BCUT2D eigenvalue weighted by Gasteiger charge is 2.30. The van der Waals surface area contributed by atoms with Crippen LogP contribution in [0.25, 0.3) is 0 Å². The molecule has 2 saturated heterocycles. The highest BCUT2D eigenvalue weighted by molar-refractivity contribution is 8.00. The molecule has 0 aromatic heterocycles. The van der Waals surface area contributed by atoms with E-state index in [1.54, 1.807) is 0 Å². The molecule has 0 amide bonds. The summed E-state index contributed by atoms with van der Waals surface area (Å²) in [6.07, 6.45) is 1.35. The van der Waals surface area contributed by atoms with Gasteiger partial charge in [0.05, 0.1) is 5.37 Å². The van der Waals surface area contributed by atoms with Crippen molar-refractivity contribution in [1.29, 1.82) is 0 Å². The first-order valence-electron chi connectivity index (χ1n) is 3.05. The van der Waals surface area contributed by atoms with Gasteiger partial charge in [0.1, 0.15) is 0 Å². The molecule has 0 radical (unpaired) electrons. The van der Waals surface area contributed by atoms with Crippen molar-refractivity contribution in [3.63, 3.8) is 0 Å². The zero-order chi connectivity index (χ0) is 5.40. The second-order valence-electron chi connectivity index (χ2n) is 2.27. The van der Waals surface area contributed by atoms with Crippen molar-refractivity contribution in [3.8, 4) is 0 Å². The SMILES string of the molecule is C1NC2CCSC2N1. The Kier molecular flexibility index (Phi) is 1.21. The Morgan fingerprint density at radius 1 is 1.38 bits per heavy atom. The van der Waals surface area contributed by atoms with E-state index in [0.717, 1.165) is 18.1 Å². The molecule has 3 heteroatoms. The Morgan fingerprint density at radius 2 is 2.38 bits per heavy atom. The lowest BCUT2D eigenvalue weighted by Crippen LogP contribution is -2.24. The predicted molar refractivity (Wildman–Crippen MR) is 35.8 cm³/mol. The first kappa shape index (κ1) is 5.09. The third-order valence-electron chi connectivity index (χ3n) is 1.76. The van der Waals surface area contributed by atoms with E-state index in [4.69, 9.17) is 0 Å². The van der Waals surface area contributed by atoms with Crippen LogP contribution in [0.1, 0.15) is 6.42 Å². The van der Waals surface area contributed by atoms with E-state index in [1.165, 1.54) is 12.2 Å². The fourth-order valence-electron chi connectivity index (χ4n) is 1.29. The summed E-state index contributed by atoms with van der Waals surface area (Å²) < 4.78 is 0. The van der Waals surface area contributed by atoms with Crippen molar-refractivity contribution in [1.82, 2.24) is 10.6 Å². The van der Waals surface area contributed by atoms with Gasteiger partial charge in [-0.05, 0) is 12.2 Å². The Labute approximate surface area is 53.4 Å². The maximum atomic E-state index is 3.39. The molecule has 2 aliphatic heterocycles. The monoisotopic (exact) mass is 130 g/mol. The molecule has 2 heterocycles. The van der Waals surface area contributed by atoms with E-state index in [2.05, 4.69) is 10.6 Å². The van der Waals surface area contributed by atoms with Crippen LogP contribution in [0, 0.1) is 0 Å². The van der Waals surface area contributed by atoms with Crippen LogP contribution in [0.5, 0.6) is 0 Å². The molecule has 46 valence electrons. The Morgan fingerprint density at radius 3 is 3.25 bits per heavy atom. The zero-order valence-corrected chi connectivity index (χ0v) is 5.50. The number of thioether (sulfide) groups is 1. The van der Waals surface area contributed by atoms with Gasteiger partial charge < -0.3 is 0 Å². The standard InChI is InChI=1S/C5H10N2S/c1-2-8-5-4(1)6-3-7-5/h4-7H,1-3H2. The van der Waals surface area contributed by atoms with Gasteiger partial charge in [0.15, 0.2) is 0 Å². The maximum Gasteiger partial charge on any atom is 0.0698 e. The van der Waals surface area contributed by atoms with Gasteiger partial charge in [0, 0.05) is 12.7 Å². The van der Waals surface area contributed by atoms with Crippen molar-refractivity contribution >= 4 is 11.8 Å². The molecule has 2 atom stereocenters. The molecule has 2 unspecified atom stereocenters. The van der Waals surface area contributed by atoms with Gasteiger partial charge in [-0.1, -0.05) is 0 Å². The lowest BCUT2D eigenvalue weighted by Gasteiger charge is -2.04. The normalized spacial score (nSPS) is 45.0. The van der Waals surface area contributed by atoms with Crippen LogP contribution in [0.3, 0.4) is 0 Å². The number of rotatable bonds is 0. The van der Waals surface area contributed by atoms with Crippen molar-refractivity contribution in [3.05, 3.63) is 0 Å². The van der Waals surface area contributed by atoms with Crippen molar-refractivity contribution in [2.75, 3.05) is 12.4 Å². The molecule has 0 aromatic rings. The number of hydrogen-bond acceptors (Lipinski definition) is 3. The molecular weight excluding hydrogens is 120 g/mol. The van der Waals surface area contributed by atoms with E-state index < -0.39 is 0 Å². The predicted octanol–water partition coefficient (Wildman–Crippen LogP) is -0.0317.